The van der Waals surface area contributed by atoms with Crippen molar-refractivity contribution in [1.29, 1.82) is 0 Å². The molecule has 0 aromatic rings. The zero-order chi connectivity index (χ0) is 13.1. The van der Waals surface area contributed by atoms with Gasteiger partial charge < -0.3 is 5.32 Å². The van der Waals surface area contributed by atoms with E-state index >= 15 is 0 Å². The predicted molar refractivity (Wildman–Crippen MR) is 71.5 cm³/mol. The van der Waals surface area contributed by atoms with Gasteiger partial charge in [-0.25, -0.2) is 12.7 Å². The summed E-state index contributed by atoms with van der Waals surface area (Å²) in [5.74, 6) is 0.632. The van der Waals surface area contributed by atoms with Crippen molar-refractivity contribution < 1.29 is 8.42 Å². The second-order valence-electron chi connectivity index (χ2n) is 5.36. The molecule has 0 aliphatic carbocycles. The van der Waals surface area contributed by atoms with Gasteiger partial charge >= 0.3 is 0 Å². The summed E-state index contributed by atoms with van der Waals surface area (Å²) in [5.41, 5.74) is 0. The van der Waals surface area contributed by atoms with E-state index in [4.69, 9.17) is 0 Å². The fourth-order valence-electron chi connectivity index (χ4n) is 2.44. The second-order valence-corrected chi connectivity index (χ2v) is 7.34. The Labute approximate surface area is 106 Å². The Balaban J connectivity index is 2.42. The molecule has 0 aromatic carbocycles. The zero-order valence-electron chi connectivity index (χ0n) is 11.4. The number of piperidine rings is 1. The maximum Gasteiger partial charge on any atom is 0.211 e. The molecule has 1 fully saturated rings. The third-order valence-electron chi connectivity index (χ3n) is 3.62. The Morgan fingerprint density at radius 2 is 1.82 bits per heavy atom. The topological polar surface area (TPSA) is 49.4 Å². The van der Waals surface area contributed by atoms with Crippen LogP contribution in [-0.2, 0) is 10.0 Å². The van der Waals surface area contributed by atoms with Crippen molar-refractivity contribution in [3.05, 3.63) is 0 Å². The highest BCUT2D eigenvalue weighted by Crippen LogP contribution is 2.16. The van der Waals surface area contributed by atoms with E-state index in [1.165, 1.54) is 6.26 Å². The van der Waals surface area contributed by atoms with Crippen LogP contribution in [0.2, 0.25) is 0 Å². The Bertz CT molecular complexity index is 319. The van der Waals surface area contributed by atoms with Crippen molar-refractivity contribution >= 4 is 10.0 Å². The SMILES string of the molecule is CCC(NC1CCN(S(C)(=O)=O)CC1)C(C)C. The van der Waals surface area contributed by atoms with Gasteiger partial charge in [0.1, 0.15) is 0 Å². The molecule has 1 N–H and O–H groups in total. The van der Waals surface area contributed by atoms with Gasteiger partial charge in [-0.2, -0.15) is 0 Å². The zero-order valence-corrected chi connectivity index (χ0v) is 12.3. The molecule has 4 nitrogen and oxygen atoms in total. The summed E-state index contributed by atoms with van der Waals surface area (Å²) in [6, 6.07) is 1.02. The second kappa shape index (κ2) is 6.16. The molecule has 0 aromatic heterocycles. The van der Waals surface area contributed by atoms with Crippen LogP contribution < -0.4 is 5.32 Å². The van der Waals surface area contributed by atoms with Crippen molar-refractivity contribution in [3.8, 4) is 0 Å². The van der Waals surface area contributed by atoms with Crippen LogP contribution in [-0.4, -0.2) is 44.2 Å². The van der Waals surface area contributed by atoms with Crippen LogP contribution in [0.25, 0.3) is 0 Å². The van der Waals surface area contributed by atoms with Crippen molar-refractivity contribution in [1.82, 2.24) is 9.62 Å². The number of nitrogens with one attached hydrogen (secondary N) is 1. The van der Waals surface area contributed by atoms with Gasteiger partial charge in [-0.15, -0.1) is 0 Å². The van der Waals surface area contributed by atoms with E-state index in [2.05, 4.69) is 26.1 Å². The summed E-state index contributed by atoms with van der Waals surface area (Å²) in [5, 5.41) is 3.66. The largest absolute Gasteiger partial charge is 0.311 e. The Hall–Kier alpha value is -0.130. The van der Waals surface area contributed by atoms with Crippen LogP contribution in [0.4, 0.5) is 0 Å². The lowest BCUT2D eigenvalue weighted by molar-refractivity contribution is 0.252. The van der Waals surface area contributed by atoms with Crippen LogP contribution >= 0.6 is 0 Å². The standard InChI is InChI=1S/C12H26N2O2S/c1-5-12(10(2)3)13-11-6-8-14(9-7-11)17(4,15)16/h10-13H,5-9H2,1-4H3. The summed E-state index contributed by atoms with van der Waals surface area (Å²) in [6.45, 7) is 7.97. The maximum atomic E-state index is 11.4. The minimum atomic E-state index is -2.99. The molecular weight excluding hydrogens is 236 g/mol. The molecule has 0 spiro atoms. The molecule has 0 saturated carbocycles. The Kier molecular flexibility index (Phi) is 5.41. The molecule has 0 bridgehead atoms. The van der Waals surface area contributed by atoms with E-state index in [1.807, 2.05) is 0 Å². The number of rotatable bonds is 5. The molecule has 1 aliphatic heterocycles. The average molecular weight is 262 g/mol. The van der Waals surface area contributed by atoms with Crippen molar-refractivity contribution in [2.24, 2.45) is 5.92 Å². The van der Waals surface area contributed by atoms with Crippen molar-refractivity contribution in [2.75, 3.05) is 19.3 Å². The van der Waals surface area contributed by atoms with E-state index in [1.54, 1.807) is 4.31 Å². The third kappa shape index (κ3) is 4.56. The van der Waals surface area contributed by atoms with Crippen molar-refractivity contribution in [2.45, 2.75) is 52.1 Å². The summed E-state index contributed by atoms with van der Waals surface area (Å²) in [7, 11) is -2.99. The smallest absolute Gasteiger partial charge is 0.211 e. The summed E-state index contributed by atoms with van der Waals surface area (Å²) in [6.07, 6.45) is 4.28. The molecule has 1 saturated heterocycles. The first-order chi connectivity index (χ1) is 7.84. The predicted octanol–water partition coefficient (Wildman–Crippen LogP) is 1.43. The molecule has 102 valence electrons. The molecule has 1 heterocycles. The van der Waals surface area contributed by atoms with Gasteiger partial charge in [0.25, 0.3) is 0 Å². The van der Waals surface area contributed by atoms with Gasteiger partial charge in [-0.05, 0) is 25.2 Å². The molecule has 17 heavy (non-hydrogen) atoms. The van der Waals surface area contributed by atoms with Gasteiger partial charge in [0.2, 0.25) is 10.0 Å². The third-order valence-corrected chi connectivity index (χ3v) is 4.92. The summed E-state index contributed by atoms with van der Waals surface area (Å²) < 4.78 is 24.4. The summed E-state index contributed by atoms with van der Waals surface area (Å²) in [4.78, 5) is 0. The normalized spacial score (nSPS) is 21.9. The lowest BCUT2D eigenvalue weighted by Crippen LogP contribution is -2.48. The van der Waals surface area contributed by atoms with Gasteiger partial charge in [-0.1, -0.05) is 20.8 Å². The van der Waals surface area contributed by atoms with Crippen LogP contribution in [0.3, 0.4) is 0 Å². The summed E-state index contributed by atoms with van der Waals surface area (Å²) >= 11 is 0. The molecule has 1 atom stereocenters. The van der Waals surface area contributed by atoms with Crippen molar-refractivity contribution in [3.63, 3.8) is 0 Å². The highest BCUT2D eigenvalue weighted by molar-refractivity contribution is 7.88. The van der Waals surface area contributed by atoms with Gasteiger partial charge in [0, 0.05) is 25.2 Å². The minimum absolute atomic E-state index is 0.473. The maximum absolute atomic E-state index is 11.4. The van der Waals surface area contributed by atoms with E-state index in [0.717, 1.165) is 19.3 Å². The average Bonchev–Trinajstić information content (AvgIpc) is 2.25. The molecule has 5 heteroatoms. The van der Waals surface area contributed by atoms with Crippen LogP contribution in [0, 0.1) is 5.92 Å². The molecular formula is C12H26N2O2S. The first kappa shape index (κ1) is 14.9. The highest BCUT2D eigenvalue weighted by atomic mass is 32.2. The number of nitrogens with zero attached hydrogens (tertiary/aromatic N) is 1. The molecule has 1 unspecified atom stereocenters. The highest BCUT2D eigenvalue weighted by Gasteiger charge is 2.26. The molecule has 0 amide bonds. The number of sulfonamides is 1. The van der Waals surface area contributed by atoms with Gasteiger partial charge in [-0.3, -0.25) is 0 Å². The van der Waals surface area contributed by atoms with Gasteiger partial charge in [0.05, 0.1) is 6.26 Å². The van der Waals surface area contributed by atoms with Gasteiger partial charge in [0.15, 0.2) is 0 Å². The molecule has 1 aliphatic rings. The lowest BCUT2D eigenvalue weighted by atomic mass is 9.98. The fraction of sp³-hybridized carbons (Fsp3) is 1.00. The van der Waals surface area contributed by atoms with E-state index < -0.39 is 10.0 Å². The number of hydrogen-bond acceptors (Lipinski definition) is 3. The first-order valence-corrected chi connectivity index (χ1v) is 8.40. The fourth-order valence-corrected chi connectivity index (χ4v) is 3.31. The first-order valence-electron chi connectivity index (χ1n) is 6.55. The Morgan fingerprint density at radius 1 is 1.29 bits per heavy atom. The van der Waals surface area contributed by atoms with Crippen LogP contribution in [0.15, 0.2) is 0 Å². The number of hydrogen-bond donors (Lipinski definition) is 1. The van der Waals surface area contributed by atoms with Crippen LogP contribution in [0.1, 0.15) is 40.0 Å². The monoisotopic (exact) mass is 262 g/mol. The van der Waals surface area contributed by atoms with E-state index in [9.17, 15) is 8.42 Å². The van der Waals surface area contributed by atoms with E-state index in [0.29, 0.717) is 31.1 Å². The molecule has 1 rings (SSSR count). The quantitative estimate of drug-likeness (QED) is 0.815. The van der Waals surface area contributed by atoms with Crippen LogP contribution in [0.5, 0.6) is 0 Å². The van der Waals surface area contributed by atoms with E-state index in [-0.39, 0.29) is 0 Å². The minimum Gasteiger partial charge on any atom is -0.311 e. The Morgan fingerprint density at radius 3 is 2.18 bits per heavy atom. The lowest BCUT2D eigenvalue weighted by Gasteiger charge is -2.34. The molecule has 0 radical (unpaired) electrons.